The second-order valence-electron chi connectivity index (χ2n) is 6.33. The molecule has 2 rings (SSSR count). The van der Waals surface area contributed by atoms with Crippen LogP contribution in [0.3, 0.4) is 0 Å². The highest BCUT2D eigenvalue weighted by atomic mass is 35.5. The molecule has 0 aliphatic heterocycles. The highest BCUT2D eigenvalue weighted by Gasteiger charge is 2.28. The molecule has 3 heteroatoms. The predicted molar refractivity (Wildman–Crippen MR) is 88.6 cm³/mol. The molecule has 0 radical (unpaired) electrons. The van der Waals surface area contributed by atoms with E-state index in [9.17, 15) is 0 Å². The molecule has 1 aromatic carbocycles. The monoisotopic (exact) mass is 313 g/mol. The van der Waals surface area contributed by atoms with E-state index >= 15 is 0 Å². The molecule has 0 spiro atoms. The van der Waals surface area contributed by atoms with E-state index < -0.39 is 0 Å². The van der Waals surface area contributed by atoms with E-state index in [4.69, 9.17) is 23.2 Å². The molecule has 1 aromatic rings. The Kier molecular flexibility index (Phi) is 5.77. The molecule has 1 saturated carbocycles. The molecule has 112 valence electrons. The number of halogens is 2. The molecular formula is C17H25Cl2N. The smallest absolute Gasteiger partial charge is 0.0639 e. The molecule has 1 aliphatic carbocycles. The fourth-order valence-corrected chi connectivity index (χ4v) is 3.90. The third-order valence-electron chi connectivity index (χ3n) is 4.59. The van der Waals surface area contributed by atoms with Gasteiger partial charge in [-0.15, -0.1) is 0 Å². The van der Waals surface area contributed by atoms with Gasteiger partial charge in [0.2, 0.25) is 0 Å². The fraction of sp³-hybridized carbons (Fsp3) is 0.647. The van der Waals surface area contributed by atoms with Crippen LogP contribution in [0.5, 0.6) is 0 Å². The maximum absolute atomic E-state index is 6.33. The number of benzene rings is 1. The van der Waals surface area contributed by atoms with Gasteiger partial charge < -0.3 is 5.32 Å². The second-order valence-corrected chi connectivity index (χ2v) is 7.12. The molecule has 3 atom stereocenters. The van der Waals surface area contributed by atoms with Gasteiger partial charge in [-0.25, -0.2) is 0 Å². The zero-order valence-corrected chi connectivity index (χ0v) is 14.1. The van der Waals surface area contributed by atoms with Crippen molar-refractivity contribution in [3.63, 3.8) is 0 Å². The minimum Gasteiger partial charge on any atom is -0.307 e. The Morgan fingerprint density at radius 1 is 1.10 bits per heavy atom. The molecular weight excluding hydrogens is 289 g/mol. The van der Waals surface area contributed by atoms with Crippen molar-refractivity contribution >= 4 is 23.2 Å². The van der Waals surface area contributed by atoms with Gasteiger partial charge in [0.1, 0.15) is 0 Å². The molecule has 0 amide bonds. The van der Waals surface area contributed by atoms with Crippen LogP contribution in [0.25, 0.3) is 0 Å². The Balaban J connectivity index is 2.09. The van der Waals surface area contributed by atoms with Crippen molar-refractivity contribution in [2.45, 2.75) is 58.5 Å². The summed E-state index contributed by atoms with van der Waals surface area (Å²) in [5, 5.41) is 5.12. The molecule has 1 nitrogen and oxygen atoms in total. The summed E-state index contributed by atoms with van der Waals surface area (Å²) in [4.78, 5) is 0. The summed E-state index contributed by atoms with van der Waals surface area (Å²) >= 11 is 12.5. The fourth-order valence-electron chi connectivity index (χ4n) is 3.43. The van der Waals surface area contributed by atoms with Crippen LogP contribution in [0, 0.1) is 11.8 Å². The van der Waals surface area contributed by atoms with E-state index in [1.807, 2.05) is 12.1 Å². The molecule has 0 bridgehead atoms. The largest absolute Gasteiger partial charge is 0.307 e. The van der Waals surface area contributed by atoms with Gasteiger partial charge in [-0.1, -0.05) is 62.0 Å². The van der Waals surface area contributed by atoms with Crippen molar-refractivity contribution in [2.24, 2.45) is 11.8 Å². The molecule has 1 N–H and O–H groups in total. The quantitative estimate of drug-likeness (QED) is 0.734. The number of rotatable bonds is 4. The second kappa shape index (κ2) is 7.15. The lowest BCUT2D eigenvalue weighted by atomic mass is 9.77. The topological polar surface area (TPSA) is 12.0 Å². The normalized spacial score (nSPS) is 24.9. The third kappa shape index (κ3) is 3.69. The van der Waals surface area contributed by atoms with Crippen LogP contribution in [0.2, 0.25) is 10.0 Å². The Labute approximate surface area is 133 Å². The van der Waals surface area contributed by atoms with E-state index in [-0.39, 0.29) is 6.04 Å². The van der Waals surface area contributed by atoms with Crippen molar-refractivity contribution in [1.82, 2.24) is 5.32 Å². The molecule has 3 unspecified atom stereocenters. The Morgan fingerprint density at radius 2 is 1.80 bits per heavy atom. The summed E-state index contributed by atoms with van der Waals surface area (Å²) in [6, 6.07) is 6.72. The molecule has 20 heavy (non-hydrogen) atoms. The Morgan fingerprint density at radius 3 is 2.50 bits per heavy atom. The van der Waals surface area contributed by atoms with Gasteiger partial charge in [0.05, 0.1) is 10.0 Å². The average molecular weight is 314 g/mol. The summed E-state index contributed by atoms with van der Waals surface area (Å²) in [5.41, 5.74) is 1.10. The van der Waals surface area contributed by atoms with Crippen LogP contribution in [-0.2, 0) is 0 Å². The van der Waals surface area contributed by atoms with Crippen LogP contribution < -0.4 is 5.32 Å². The van der Waals surface area contributed by atoms with E-state index in [1.54, 1.807) is 0 Å². The first kappa shape index (κ1) is 16.1. The average Bonchev–Trinajstić information content (AvgIpc) is 2.42. The number of hydrogen-bond donors (Lipinski definition) is 1. The molecule has 0 heterocycles. The van der Waals surface area contributed by atoms with Gasteiger partial charge in [0, 0.05) is 12.1 Å². The summed E-state index contributed by atoms with van der Waals surface area (Å²) in [7, 11) is 0. The SMILES string of the molecule is CC(NC1CCCCC1C(C)C)c1cccc(Cl)c1Cl. The summed E-state index contributed by atoms with van der Waals surface area (Å²) in [5.74, 6) is 1.50. The lowest BCUT2D eigenvalue weighted by Gasteiger charge is -2.37. The highest BCUT2D eigenvalue weighted by molar-refractivity contribution is 6.42. The zero-order valence-electron chi connectivity index (χ0n) is 12.6. The van der Waals surface area contributed by atoms with Crippen molar-refractivity contribution in [2.75, 3.05) is 0 Å². The van der Waals surface area contributed by atoms with Crippen LogP contribution in [0.4, 0.5) is 0 Å². The van der Waals surface area contributed by atoms with Gasteiger partial charge in [-0.3, -0.25) is 0 Å². The number of hydrogen-bond acceptors (Lipinski definition) is 1. The molecule has 1 aliphatic rings. The van der Waals surface area contributed by atoms with E-state index in [1.165, 1.54) is 25.7 Å². The van der Waals surface area contributed by atoms with Crippen molar-refractivity contribution in [1.29, 1.82) is 0 Å². The summed E-state index contributed by atoms with van der Waals surface area (Å²) in [6.07, 6.45) is 5.31. The molecule has 1 fully saturated rings. The molecule has 0 saturated heterocycles. The van der Waals surface area contributed by atoms with E-state index in [2.05, 4.69) is 32.2 Å². The zero-order chi connectivity index (χ0) is 14.7. The summed E-state index contributed by atoms with van der Waals surface area (Å²) in [6.45, 7) is 6.85. The van der Waals surface area contributed by atoms with Gasteiger partial charge in [0.15, 0.2) is 0 Å². The van der Waals surface area contributed by atoms with Crippen molar-refractivity contribution in [3.8, 4) is 0 Å². The Hall–Kier alpha value is -0.240. The van der Waals surface area contributed by atoms with Crippen LogP contribution in [-0.4, -0.2) is 6.04 Å². The Bertz CT molecular complexity index is 445. The highest BCUT2D eigenvalue weighted by Crippen LogP contribution is 2.34. The maximum Gasteiger partial charge on any atom is 0.0639 e. The summed E-state index contributed by atoms with van der Waals surface area (Å²) < 4.78 is 0. The minimum absolute atomic E-state index is 0.241. The first-order valence-electron chi connectivity index (χ1n) is 7.70. The van der Waals surface area contributed by atoms with Gasteiger partial charge in [-0.05, 0) is 43.2 Å². The standard InChI is InChI=1S/C17H25Cl2N/c1-11(2)13-7-4-5-10-16(13)20-12(3)14-8-6-9-15(18)17(14)19/h6,8-9,11-13,16,20H,4-5,7,10H2,1-3H3. The van der Waals surface area contributed by atoms with Crippen LogP contribution in [0.1, 0.15) is 58.1 Å². The van der Waals surface area contributed by atoms with E-state index in [0.717, 1.165) is 17.4 Å². The van der Waals surface area contributed by atoms with Gasteiger partial charge in [-0.2, -0.15) is 0 Å². The van der Waals surface area contributed by atoms with Gasteiger partial charge >= 0.3 is 0 Å². The van der Waals surface area contributed by atoms with E-state index in [0.29, 0.717) is 16.1 Å². The van der Waals surface area contributed by atoms with Gasteiger partial charge in [0.25, 0.3) is 0 Å². The van der Waals surface area contributed by atoms with Crippen LogP contribution >= 0.6 is 23.2 Å². The first-order chi connectivity index (χ1) is 9.50. The van der Waals surface area contributed by atoms with Crippen LogP contribution in [0.15, 0.2) is 18.2 Å². The maximum atomic E-state index is 6.33. The van der Waals surface area contributed by atoms with Crippen molar-refractivity contribution < 1.29 is 0 Å². The predicted octanol–water partition coefficient (Wildman–Crippen LogP) is 5.86. The lowest BCUT2D eigenvalue weighted by molar-refractivity contribution is 0.195. The minimum atomic E-state index is 0.241. The lowest BCUT2D eigenvalue weighted by Crippen LogP contribution is -2.42. The first-order valence-corrected chi connectivity index (χ1v) is 8.46. The molecule has 0 aromatic heterocycles. The third-order valence-corrected chi connectivity index (χ3v) is 5.42. The van der Waals surface area contributed by atoms with Crippen molar-refractivity contribution in [3.05, 3.63) is 33.8 Å². The number of nitrogens with one attached hydrogen (secondary N) is 1.